The number of nitrogens with zero attached hydrogens (tertiary/aromatic N) is 3. The van der Waals surface area contributed by atoms with E-state index in [-0.39, 0.29) is 27.9 Å². The maximum absolute atomic E-state index is 14.8. The summed E-state index contributed by atoms with van der Waals surface area (Å²) in [4.78, 5) is 22.0. The molecule has 1 N–H and O–H groups in total. The van der Waals surface area contributed by atoms with Crippen LogP contribution in [0.2, 0.25) is 5.02 Å². The van der Waals surface area contributed by atoms with Crippen LogP contribution in [-0.4, -0.2) is 20.3 Å². The van der Waals surface area contributed by atoms with Crippen LogP contribution < -0.4 is 5.32 Å². The summed E-state index contributed by atoms with van der Waals surface area (Å²) in [5.41, 5.74) is -0.118. The molecule has 5 rings (SSSR count). The van der Waals surface area contributed by atoms with Crippen LogP contribution in [-0.2, 0) is 0 Å². The predicted octanol–water partition coefficient (Wildman–Crippen LogP) is 5.92. The normalized spacial score (nSPS) is 11.1. The zero-order chi connectivity index (χ0) is 22.2. The van der Waals surface area contributed by atoms with E-state index in [2.05, 4.69) is 15.3 Å². The number of hydrogen-bond donors (Lipinski definition) is 1. The van der Waals surface area contributed by atoms with Gasteiger partial charge in [-0.15, -0.1) is 0 Å². The molecule has 0 aliphatic rings. The molecule has 0 saturated carbocycles. The van der Waals surface area contributed by atoms with Gasteiger partial charge in [0, 0.05) is 23.2 Å². The van der Waals surface area contributed by atoms with Crippen LogP contribution in [0.25, 0.3) is 16.7 Å². The number of hydrogen-bond acceptors (Lipinski definition) is 5. The fraction of sp³-hybridized carbons (Fsp3) is 0. The van der Waals surface area contributed by atoms with Gasteiger partial charge in [0.05, 0.1) is 17.0 Å². The van der Waals surface area contributed by atoms with Gasteiger partial charge in [0.25, 0.3) is 0 Å². The highest BCUT2D eigenvalue weighted by atomic mass is 35.5. The Hall–Kier alpha value is -4.04. The number of fused-ring (bicyclic) bond motifs is 1. The zero-order valence-corrected chi connectivity index (χ0v) is 17.0. The fourth-order valence-corrected chi connectivity index (χ4v) is 3.61. The first-order chi connectivity index (χ1) is 15.5. The van der Waals surface area contributed by atoms with Gasteiger partial charge in [0.1, 0.15) is 17.3 Å². The molecule has 0 amide bonds. The summed E-state index contributed by atoms with van der Waals surface area (Å²) in [6.45, 7) is 0. The molecule has 9 heteroatoms. The van der Waals surface area contributed by atoms with Crippen molar-refractivity contribution in [2.45, 2.75) is 0 Å². The molecule has 158 valence electrons. The van der Waals surface area contributed by atoms with Crippen molar-refractivity contribution in [2.75, 3.05) is 5.32 Å². The molecule has 32 heavy (non-hydrogen) atoms. The third-order valence-electron chi connectivity index (χ3n) is 4.81. The Kier molecular flexibility index (Phi) is 4.91. The summed E-state index contributed by atoms with van der Waals surface area (Å²) < 4.78 is 36.0. The number of furan rings is 1. The fourth-order valence-electron chi connectivity index (χ4n) is 3.39. The molecule has 3 heterocycles. The Morgan fingerprint density at radius 2 is 1.81 bits per heavy atom. The Bertz CT molecular complexity index is 1440. The minimum Gasteiger partial charge on any atom is -0.449 e. The van der Waals surface area contributed by atoms with Gasteiger partial charge < -0.3 is 4.42 Å². The van der Waals surface area contributed by atoms with Crippen molar-refractivity contribution in [1.29, 1.82) is 0 Å². The first-order valence-corrected chi connectivity index (χ1v) is 9.83. The lowest BCUT2D eigenvalue weighted by molar-refractivity contribution is 0.103. The third kappa shape index (κ3) is 3.40. The van der Waals surface area contributed by atoms with E-state index >= 15 is 0 Å². The number of rotatable bonds is 5. The van der Waals surface area contributed by atoms with Gasteiger partial charge in [0.2, 0.25) is 11.7 Å². The highest BCUT2D eigenvalue weighted by Crippen LogP contribution is 2.30. The standard InChI is InChI=1S/C23H13ClF2N4O2/c24-15-6-2-1-5-14(15)21(31)18-11-13-12-27-23(28-19-9-4-10-32-19)29-22(13)30(18)20-16(25)7-3-8-17(20)26/h1-12H,(H,27,28,29). The molecule has 0 radical (unpaired) electrons. The van der Waals surface area contributed by atoms with Crippen LogP contribution in [0.15, 0.2) is 77.5 Å². The first-order valence-electron chi connectivity index (χ1n) is 9.45. The van der Waals surface area contributed by atoms with Gasteiger partial charge >= 0.3 is 0 Å². The molecule has 0 atom stereocenters. The Morgan fingerprint density at radius 1 is 1.03 bits per heavy atom. The van der Waals surface area contributed by atoms with E-state index in [1.165, 1.54) is 24.6 Å². The lowest BCUT2D eigenvalue weighted by Gasteiger charge is -2.12. The summed E-state index contributed by atoms with van der Waals surface area (Å²) in [6, 6.07) is 14.7. The zero-order valence-electron chi connectivity index (χ0n) is 16.2. The van der Waals surface area contributed by atoms with E-state index in [1.807, 2.05) is 0 Å². The molecule has 5 aromatic rings. The lowest BCUT2D eigenvalue weighted by Crippen LogP contribution is -2.12. The van der Waals surface area contributed by atoms with Crippen molar-refractivity contribution < 1.29 is 18.0 Å². The predicted molar refractivity (Wildman–Crippen MR) is 116 cm³/mol. The smallest absolute Gasteiger partial charge is 0.231 e. The van der Waals surface area contributed by atoms with Gasteiger partial charge in [-0.05, 0) is 36.4 Å². The monoisotopic (exact) mass is 450 g/mol. The Balaban J connectivity index is 1.76. The number of halogens is 3. The molecule has 2 aromatic carbocycles. The molecule has 0 unspecified atom stereocenters. The van der Waals surface area contributed by atoms with Crippen molar-refractivity contribution in [3.63, 3.8) is 0 Å². The van der Waals surface area contributed by atoms with E-state index in [0.717, 1.165) is 16.7 Å². The highest BCUT2D eigenvalue weighted by molar-refractivity contribution is 6.35. The number of nitrogens with one attached hydrogen (secondary N) is 1. The summed E-state index contributed by atoms with van der Waals surface area (Å²) in [6.07, 6.45) is 2.92. The number of benzene rings is 2. The second-order valence-corrected chi connectivity index (χ2v) is 7.23. The van der Waals surface area contributed by atoms with E-state index in [0.29, 0.717) is 11.3 Å². The van der Waals surface area contributed by atoms with Crippen molar-refractivity contribution in [3.8, 4) is 5.69 Å². The maximum Gasteiger partial charge on any atom is 0.231 e. The first kappa shape index (κ1) is 19.9. The number of para-hydroxylation sites is 1. The molecular weight excluding hydrogens is 438 g/mol. The number of aromatic nitrogens is 3. The maximum atomic E-state index is 14.8. The molecular formula is C23H13ClF2N4O2. The molecule has 0 aliphatic heterocycles. The molecule has 0 bridgehead atoms. The summed E-state index contributed by atoms with van der Waals surface area (Å²) in [5, 5.41) is 3.49. The van der Waals surface area contributed by atoms with Crippen LogP contribution in [0.3, 0.4) is 0 Å². The molecule has 6 nitrogen and oxygen atoms in total. The van der Waals surface area contributed by atoms with Crippen LogP contribution in [0.1, 0.15) is 16.1 Å². The van der Waals surface area contributed by atoms with Crippen LogP contribution >= 0.6 is 11.6 Å². The van der Waals surface area contributed by atoms with Gasteiger partial charge in [-0.1, -0.05) is 29.8 Å². The van der Waals surface area contributed by atoms with E-state index in [4.69, 9.17) is 16.0 Å². The van der Waals surface area contributed by atoms with Crippen molar-refractivity contribution in [3.05, 3.63) is 101 Å². The average Bonchev–Trinajstić information content (AvgIpc) is 3.42. The second-order valence-electron chi connectivity index (χ2n) is 6.82. The third-order valence-corrected chi connectivity index (χ3v) is 5.14. The van der Waals surface area contributed by atoms with Crippen LogP contribution in [0, 0.1) is 11.6 Å². The van der Waals surface area contributed by atoms with Crippen molar-refractivity contribution in [2.24, 2.45) is 0 Å². The highest BCUT2D eigenvalue weighted by Gasteiger charge is 2.25. The quantitative estimate of drug-likeness (QED) is 0.336. The summed E-state index contributed by atoms with van der Waals surface area (Å²) in [7, 11) is 0. The number of carbonyl (C=O) groups is 1. The SMILES string of the molecule is O=C(c1ccccc1Cl)c1cc2cnc(Nc3ccco3)nc2n1-c1c(F)cccc1F. The Labute approximate surface area is 185 Å². The molecule has 0 aliphatic carbocycles. The van der Waals surface area contributed by atoms with E-state index in [1.54, 1.807) is 36.4 Å². The largest absolute Gasteiger partial charge is 0.449 e. The molecule has 0 saturated heterocycles. The van der Waals surface area contributed by atoms with Gasteiger partial charge in [-0.2, -0.15) is 4.98 Å². The topological polar surface area (TPSA) is 73.0 Å². The Morgan fingerprint density at radius 3 is 2.53 bits per heavy atom. The molecule has 0 fully saturated rings. The van der Waals surface area contributed by atoms with Crippen molar-refractivity contribution in [1.82, 2.24) is 14.5 Å². The van der Waals surface area contributed by atoms with Gasteiger partial charge in [-0.3, -0.25) is 14.7 Å². The van der Waals surface area contributed by atoms with Crippen molar-refractivity contribution >= 4 is 40.3 Å². The second kappa shape index (κ2) is 7.90. The minimum absolute atomic E-state index is 0.0125. The van der Waals surface area contributed by atoms with Gasteiger partial charge in [-0.25, -0.2) is 13.8 Å². The number of anilines is 2. The number of carbonyl (C=O) groups excluding carboxylic acids is 1. The lowest BCUT2D eigenvalue weighted by atomic mass is 10.1. The average molecular weight is 451 g/mol. The minimum atomic E-state index is -0.852. The molecule has 0 spiro atoms. The van der Waals surface area contributed by atoms with E-state index < -0.39 is 23.1 Å². The van der Waals surface area contributed by atoms with Gasteiger partial charge in [0.15, 0.2) is 11.5 Å². The molecule has 3 aromatic heterocycles. The summed E-state index contributed by atoms with van der Waals surface area (Å²) in [5.74, 6) is -1.71. The number of ketones is 1. The summed E-state index contributed by atoms with van der Waals surface area (Å²) >= 11 is 6.21. The van der Waals surface area contributed by atoms with E-state index in [9.17, 15) is 13.6 Å². The van der Waals surface area contributed by atoms with Crippen LogP contribution in [0.5, 0.6) is 0 Å². The van der Waals surface area contributed by atoms with Crippen LogP contribution in [0.4, 0.5) is 20.6 Å².